The largest absolute Gasteiger partial charge is 0.480 e. The molecule has 0 bridgehead atoms. The first-order valence-corrected chi connectivity index (χ1v) is 5.10. The molecule has 2 atom stereocenters. The van der Waals surface area contributed by atoms with Crippen molar-refractivity contribution in [2.75, 3.05) is 0 Å². The van der Waals surface area contributed by atoms with E-state index in [2.05, 4.69) is 29.1 Å². The highest BCUT2D eigenvalue weighted by Gasteiger charge is 2.33. The molecule has 3 N–H and O–H groups in total. The van der Waals surface area contributed by atoms with Gasteiger partial charge in [0.15, 0.2) is 0 Å². The van der Waals surface area contributed by atoms with Crippen molar-refractivity contribution in [3.05, 3.63) is 17.7 Å². The highest BCUT2D eigenvalue weighted by Crippen LogP contribution is 2.27. The molecule has 1 aliphatic heterocycles. The molecule has 0 amide bonds. The number of fused-ring (bicyclic) bond motifs is 1. The number of aromatic nitrogens is 2. The number of rotatable bonds is 2. The van der Waals surface area contributed by atoms with Gasteiger partial charge in [0.25, 0.3) is 0 Å². The lowest BCUT2D eigenvalue weighted by Gasteiger charge is -2.30. The summed E-state index contributed by atoms with van der Waals surface area (Å²) in [6, 6.07) is -0.480. The molecule has 0 radical (unpaired) electrons. The summed E-state index contributed by atoms with van der Waals surface area (Å²) in [6.07, 6.45) is 2.11. The van der Waals surface area contributed by atoms with Crippen LogP contribution in [-0.2, 0) is 11.2 Å². The van der Waals surface area contributed by atoms with Crippen molar-refractivity contribution in [2.45, 2.75) is 32.4 Å². The summed E-state index contributed by atoms with van der Waals surface area (Å²) >= 11 is 0. The van der Waals surface area contributed by atoms with Gasteiger partial charge in [0, 0.05) is 12.1 Å². The number of hydrogen-bond acceptors (Lipinski definition) is 3. The number of carboxylic acids is 1. The Balaban J connectivity index is 2.31. The summed E-state index contributed by atoms with van der Waals surface area (Å²) in [6.45, 7) is 4.11. The molecule has 2 unspecified atom stereocenters. The maximum atomic E-state index is 11.0. The summed E-state index contributed by atoms with van der Waals surface area (Å²) in [4.78, 5) is 18.2. The van der Waals surface area contributed by atoms with Crippen LogP contribution < -0.4 is 5.32 Å². The first kappa shape index (κ1) is 10.2. The Labute approximate surface area is 87.9 Å². The van der Waals surface area contributed by atoms with E-state index in [0.29, 0.717) is 12.3 Å². The SMILES string of the molecule is CC(C)C1NC(C(=O)O)Cc2[nH]cnc21. The first-order valence-electron chi connectivity index (χ1n) is 5.10. The van der Waals surface area contributed by atoms with Crippen molar-refractivity contribution >= 4 is 5.97 Å². The van der Waals surface area contributed by atoms with Crippen LogP contribution in [0.1, 0.15) is 31.3 Å². The van der Waals surface area contributed by atoms with E-state index in [4.69, 9.17) is 5.11 Å². The summed E-state index contributed by atoms with van der Waals surface area (Å²) in [7, 11) is 0. The van der Waals surface area contributed by atoms with Crippen LogP contribution in [0, 0.1) is 5.92 Å². The molecular formula is C10H15N3O2. The van der Waals surface area contributed by atoms with E-state index in [1.807, 2.05) is 0 Å². The zero-order valence-electron chi connectivity index (χ0n) is 8.82. The molecule has 0 saturated carbocycles. The number of nitrogens with zero attached hydrogens (tertiary/aromatic N) is 1. The number of carbonyl (C=O) groups is 1. The second-order valence-electron chi connectivity index (χ2n) is 4.25. The molecule has 0 aromatic carbocycles. The van der Waals surface area contributed by atoms with Crippen LogP contribution in [0.3, 0.4) is 0 Å². The summed E-state index contributed by atoms with van der Waals surface area (Å²) in [5.41, 5.74) is 1.90. The van der Waals surface area contributed by atoms with E-state index in [0.717, 1.165) is 11.4 Å². The quantitative estimate of drug-likeness (QED) is 0.670. The van der Waals surface area contributed by atoms with Crippen molar-refractivity contribution in [3.8, 4) is 0 Å². The zero-order chi connectivity index (χ0) is 11.0. The topological polar surface area (TPSA) is 78.0 Å². The average Bonchev–Trinajstić information content (AvgIpc) is 2.62. The molecule has 82 valence electrons. The lowest BCUT2D eigenvalue weighted by Crippen LogP contribution is -2.46. The van der Waals surface area contributed by atoms with E-state index < -0.39 is 12.0 Å². The highest BCUT2D eigenvalue weighted by atomic mass is 16.4. The molecule has 5 nitrogen and oxygen atoms in total. The van der Waals surface area contributed by atoms with Crippen molar-refractivity contribution in [1.82, 2.24) is 15.3 Å². The number of hydrogen-bond donors (Lipinski definition) is 3. The minimum Gasteiger partial charge on any atom is -0.480 e. The molecule has 15 heavy (non-hydrogen) atoms. The predicted molar refractivity (Wildman–Crippen MR) is 54.4 cm³/mol. The van der Waals surface area contributed by atoms with Crippen LogP contribution in [0.4, 0.5) is 0 Å². The summed E-state index contributed by atoms with van der Waals surface area (Å²) in [5, 5.41) is 12.1. The van der Waals surface area contributed by atoms with Gasteiger partial charge >= 0.3 is 5.97 Å². The molecule has 1 aromatic rings. The third-order valence-electron chi connectivity index (χ3n) is 2.80. The van der Waals surface area contributed by atoms with Crippen molar-refractivity contribution in [1.29, 1.82) is 0 Å². The average molecular weight is 209 g/mol. The Morgan fingerprint density at radius 3 is 3.00 bits per heavy atom. The Kier molecular flexibility index (Phi) is 2.48. The fraction of sp³-hybridized carbons (Fsp3) is 0.600. The van der Waals surface area contributed by atoms with Crippen molar-refractivity contribution in [3.63, 3.8) is 0 Å². The number of nitrogens with one attached hydrogen (secondary N) is 2. The van der Waals surface area contributed by atoms with E-state index in [1.165, 1.54) is 0 Å². The third-order valence-corrected chi connectivity index (χ3v) is 2.80. The van der Waals surface area contributed by atoms with Crippen LogP contribution in [-0.4, -0.2) is 27.1 Å². The smallest absolute Gasteiger partial charge is 0.321 e. The predicted octanol–water partition coefficient (Wildman–Crippen LogP) is 0.706. The van der Waals surface area contributed by atoms with Crippen LogP contribution in [0.15, 0.2) is 6.33 Å². The molecule has 1 aromatic heterocycles. The van der Waals surface area contributed by atoms with E-state index >= 15 is 0 Å². The fourth-order valence-electron chi connectivity index (χ4n) is 1.99. The van der Waals surface area contributed by atoms with Gasteiger partial charge in [-0.25, -0.2) is 4.98 Å². The Morgan fingerprint density at radius 1 is 1.67 bits per heavy atom. The lowest BCUT2D eigenvalue weighted by atomic mass is 9.92. The van der Waals surface area contributed by atoms with Gasteiger partial charge in [0.2, 0.25) is 0 Å². The minimum atomic E-state index is -0.805. The Morgan fingerprint density at radius 2 is 2.40 bits per heavy atom. The monoisotopic (exact) mass is 209 g/mol. The Bertz CT molecular complexity index is 372. The molecule has 5 heteroatoms. The van der Waals surface area contributed by atoms with Crippen molar-refractivity contribution in [2.24, 2.45) is 5.92 Å². The van der Waals surface area contributed by atoms with E-state index in [1.54, 1.807) is 6.33 Å². The highest BCUT2D eigenvalue weighted by molar-refractivity contribution is 5.74. The maximum absolute atomic E-state index is 11.0. The van der Waals surface area contributed by atoms with Crippen LogP contribution in [0.5, 0.6) is 0 Å². The normalized spacial score (nSPS) is 25.3. The molecule has 1 aliphatic rings. The van der Waals surface area contributed by atoms with Gasteiger partial charge in [-0.2, -0.15) is 0 Å². The summed E-state index contributed by atoms with van der Waals surface area (Å²) in [5.74, 6) is -0.477. The Hall–Kier alpha value is -1.36. The second-order valence-corrected chi connectivity index (χ2v) is 4.25. The van der Waals surface area contributed by atoms with Crippen LogP contribution >= 0.6 is 0 Å². The van der Waals surface area contributed by atoms with Gasteiger partial charge in [0.05, 0.1) is 18.1 Å². The second kappa shape index (κ2) is 3.66. The molecule has 0 aliphatic carbocycles. The molecule has 0 spiro atoms. The molecule has 0 saturated heterocycles. The maximum Gasteiger partial charge on any atom is 0.321 e. The molecule has 0 fully saturated rings. The van der Waals surface area contributed by atoms with Gasteiger partial charge in [-0.3, -0.25) is 10.1 Å². The van der Waals surface area contributed by atoms with E-state index in [9.17, 15) is 4.79 Å². The lowest BCUT2D eigenvalue weighted by molar-refractivity contribution is -0.140. The summed E-state index contributed by atoms with van der Waals surface area (Å²) < 4.78 is 0. The van der Waals surface area contributed by atoms with Gasteiger partial charge in [0.1, 0.15) is 6.04 Å². The van der Waals surface area contributed by atoms with Gasteiger partial charge in [-0.15, -0.1) is 0 Å². The first-order chi connectivity index (χ1) is 7.09. The van der Waals surface area contributed by atoms with Crippen LogP contribution in [0.2, 0.25) is 0 Å². The van der Waals surface area contributed by atoms with Gasteiger partial charge < -0.3 is 10.1 Å². The number of aromatic amines is 1. The number of H-pyrrole nitrogens is 1. The number of imidazole rings is 1. The van der Waals surface area contributed by atoms with Gasteiger partial charge in [-0.05, 0) is 5.92 Å². The molecular weight excluding hydrogens is 194 g/mol. The van der Waals surface area contributed by atoms with E-state index in [-0.39, 0.29) is 6.04 Å². The van der Waals surface area contributed by atoms with Crippen molar-refractivity contribution < 1.29 is 9.90 Å². The molecule has 2 heterocycles. The third kappa shape index (κ3) is 1.74. The molecule has 2 rings (SSSR count). The minimum absolute atomic E-state index is 0.0288. The zero-order valence-corrected chi connectivity index (χ0v) is 8.82. The van der Waals surface area contributed by atoms with Crippen LogP contribution in [0.25, 0.3) is 0 Å². The standard InChI is InChI=1S/C10H15N3O2/c1-5(2)8-9-6(11-4-12-9)3-7(13-8)10(14)15/h4-5,7-8,13H,3H2,1-2H3,(H,11,12)(H,14,15). The van der Waals surface area contributed by atoms with Gasteiger partial charge in [-0.1, -0.05) is 13.8 Å². The number of aliphatic carboxylic acids is 1. The number of carboxylic acid groups (broad SMARTS) is 1. The fourth-order valence-corrected chi connectivity index (χ4v) is 1.99.